The van der Waals surface area contributed by atoms with Crippen LogP contribution in [0, 0.1) is 0 Å². The Hall–Kier alpha value is -1.97. The van der Waals surface area contributed by atoms with Crippen LogP contribution in [0.15, 0.2) is 12.2 Å². The fraction of sp³-hybridized carbons (Fsp3) is 0.868. The zero-order valence-electron chi connectivity index (χ0n) is 30.9. The van der Waals surface area contributed by atoms with Crippen molar-refractivity contribution in [1.29, 1.82) is 0 Å². The van der Waals surface area contributed by atoms with Gasteiger partial charge in [0.05, 0.1) is 40.3 Å². The summed E-state index contributed by atoms with van der Waals surface area (Å²) in [5.74, 6) is -2.30. The van der Waals surface area contributed by atoms with Gasteiger partial charge in [0.1, 0.15) is 13.2 Å². The number of likely N-dealkylation sites (N-methyl/N-ethyl adjacent to an activating group) is 1. The summed E-state index contributed by atoms with van der Waals surface area (Å²) in [7, 11) is 5.89. The molecule has 0 saturated carbocycles. The molecule has 0 aromatic carbocycles. The molecule has 0 fully saturated rings. The number of carboxylic acids is 1. The number of carbonyl (C=O) groups excluding carboxylic acids is 3. The standard InChI is InChI=1S/C38H71NO8/c1-6-8-10-12-13-14-15-16-17-18-19-20-21-22-23-25-27-29-36(41)47-34(32-45-35(40)28-26-24-11-9-7-2)33-46-38(37(42)43)44-31-30-39(3,4)5/h16-17,34,38H,6-15,18-33H2,1-5H3/b17-16-. The van der Waals surface area contributed by atoms with E-state index in [0.717, 1.165) is 57.8 Å². The number of carboxylic acid groups (broad SMARTS) is 1. The van der Waals surface area contributed by atoms with E-state index in [4.69, 9.17) is 18.9 Å². The van der Waals surface area contributed by atoms with Gasteiger partial charge in [-0.3, -0.25) is 9.59 Å². The van der Waals surface area contributed by atoms with E-state index in [1.165, 1.54) is 64.2 Å². The molecule has 0 rings (SSSR count). The number of esters is 2. The summed E-state index contributed by atoms with van der Waals surface area (Å²) in [6.07, 6.45) is 25.7. The predicted molar refractivity (Wildman–Crippen MR) is 186 cm³/mol. The monoisotopic (exact) mass is 670 g/mol. The molecule has 0 heterocycles. The largest absolute Gasteiger partial charge is 0.545 e. The first-order chi connectivity index (χ1) is 22.6. The van der Waals surface area contributed by atoms with Gasteiger partial charge in [-0.15, -0.1) is 0 Å². The number of quaternary nitrogens is 1. The highest BCUT2D eigenvalue weighted by Gasteiger charge is 2.21. The molecule has 47 heavy (non-hydrogen) atoms. The summed E-state index contributed by atoms with van der Waals surface area (Å²) in [5.41, 5.74) is 0. The van der Waals surface area contributed by atoms with Crippen LogP contribution < -0.4 is 5.11 Å². The lowest BCUT2D eigenvalue weighted by Gasteiger charge is -2.26. The molecule has 0 amide bonds. The van der Waals surface area contributed by atoms with E-state index in [1.54, 1.807) is 0 Å². The van der Waals surface area contributed by atoms with E-state index in [1.807, 2.05) is 21.1 Å². The number of aliphatic carboxylic acids is 1. The first-order valence-corrected chi connectivity index (χ1v) is 18.8. The fourth-order valence-corrected chi connectivity index (χ4v) is 5.00. The van der Waals surface area contributed by atoms with Crippen LogP contribution in [0.4, 0.5) is 0 Å². The van der Waals surface area contributed by atoms with Crippen molar-refractivity contribution in [1.82, 2.24) is 0 Å². The Kier molecular flexibility index (Phi) is 30.0. The maximum Gasteiger partial charge on any atom is 0.306 e. The number of hydrogen-bond acceptors (Lipinski definition) is 8. The molecule has 9 heteroatoms. The second kappa shape index (κ2) is 31.3. The Labute approximate surface area is 287 Å². The predicted octanol–water partition coefficient (Wildman–Crippen LogP) is 7.44. The van der Waals surface area contributed by atoms with Gasteiger partial charge in [0, 0.05) is 12.8 Å². The van der Waals surface area contributed by atoms with Crippen molar-refractivity contribution in [2.75, 3.05) is 47.5 Å². The molecule has 0 aliphatic rings. The number of ether oxygens (including phenoxy) is 4. The molecule has 0 N–H and O–H groups in total. The number of unbranched alkanes of at least 4 members (excludes halogenated alkanes) is 17. The molecule has 0 aromatic heterocycles. The van der Waals surface area contributed by atoms with Crippen molar-refractivity contribution in [3.05, 3.63) is 12.2 Å². The van der Waals surface area contributed by atoms with Crippen LogP contribution in [-0.4, -0.2) is 82.3 Å². The van der Waals surface area contributed by atoms with Crippen molar-refractivity contribution in [2.24, 2.45) is 0 Å². The first-order valence-electron chi connectivity index (χ1n) is 18.8. The van der Waals surface area contributed by atoms with Crippen LogP contribution in [0.25, 0.3) is 0 Å². The molecule has 9 nitrogen and oxygen atoms in total. The van der Waals surface area contributed by atoms with E-state index in [0.29, 0.717) is 17.4 Å². The van der Waals surface area contributed by atoms with Crippen LogP contribution in [0.3, 0.4) is 0 Å². The quantitative estimate of drug-likeness (QED) is 0.0229. The third kappa shape index (κ3) is 32.4. The summed E-state index contributed by atoms with van der Waals surface area (Å²) in [4.78, 5) is 36.4. The Balaban J connectivity index is 4.38. The van der Waals surface area contributed by atoms with E-state index in [9.17, 15) is 19.5 Å². The highest BCUT2D eigenvalue weighted by molar-refractivity contribution is 5.70. The van der Waals surface area contributed by atoms with Gasteiger partial charge in [-0.1, -0.05) is 116 Å². The Morgan fingerprint density at radius 1 is 0.617 bits per heavy atom. The second-order valence-electron chi connectivity index (χ2n) is 13.9. The van der Waals surface area contributed by atoms with Gasteiger partial charge in [0.15, 0.2) is 12.4 Å². The van der Waals surface area contributed by atoms with Crippen molar-refractivity contribution in [3.63, 3.8) is 0 Å². The lowest BCUT2D eigenvalue weighted by molar-refractivity contribution is -0.870. The smallest absolute Gasteiger partial charge is 0.306 e. The molecule has 0 aliphatic heterocycles. The molecule has 0 bridgehead atoms. The van der Waals surface area contributed by atoms with Crippen molar-refractivity contribution < 1.29 is 42.9 Å². The SMILES string of the molecule is CCCCCCCC/C=C\CCCCCCCCCC(=O)OC(COC(=O)CCCCCCC)COC(OCC[N+](C)(C)C)C(=O)[O-]. The average molecular weight is 670 g/mol. The van der Waals surface area contributed by atoms with Crippen LogP contribution in [0.5, 0.6) is 0 Å². The molecule has 0 aromatic rings. The molecule has 0 aliphatic carbocycles. The second-order valence-corrected chi connectivity index (χ2v) is 13.9. The maximum absolute atomic E-state index is 12.6. The van der Waals surface area contributed by atoms with Gasteiger partial charge in [-0.2, -0.15) is 0 Å². The van der Waals surface area contributed by atoms with Gasteiger partial charge >= 0.3 is 11.9 Å². The van der Waals surface area contributed by atoms with Crippen LogP contribution in [-0.2, 0) is 33.3 Å². The minimum Gasteiger partial charge on any atom is -0.545 e. The summed E-state index contributed by atoms with van der Waals surface area (Å²) >= 11 is 0. The van der Waals surface area contributed by atoms with Gasteiger partial charge in [-0.25, -0.2) is 0 Å². The molecular formula is C38H71NO8. The highest BCUT2D eigenvalue weighted by Crippen LogP contribution is 2.13. The van der Waals surface area contributed by atoms with E-state index >= 15 is 0 Å². The number of allylic oxidation sites excluding steroid dienone is 2. The van der Waals surface area contributed by atoms with Gasteiger partial charge in [0.25, 0.3) is 0 Å². The number of hydrogen-bond donors (Lipinski definition) is 0. The zero-order chi connectivity index (χ0) is 35.0. The maximum atomic E-state index is 12.6. The van der Waals surface area contributed by atoms with Gasteiger partial charge < -0.3 is 33.3 Å². The number of nitrogens with zero attached hydrogens (tertiary/aromatic N) is 1. The first kappa shape index (κ1) is 45.0. The highest BCUT2D eigenvalue weighted by atomic mass is 16.7. The normalized spacial score (nSPS) is 13.1. The molecule has 2 atom stereocenters. The molecule has 0 radical (unpaired) electrons. The Morgan fingerprint density at radius 3 is 1.57 bits per heavy atom. The van der Waals surface area contributed by atoms with Crippen LogP contribution in [0.2, 0.25) is 0 Å². The summed E-state index contributed by atoms with van der Waals surface area (Å²) in [6.45, 7) is 4.62. The van der Waals surface area contributed by atoms with Crippen molar-refractivity contribution >= 4 is 17.9 Å². The van der Waals surface area contributed by atoms with Crippen molar-refractivity contribution in [3.8, 4) is 0 Å². The molecule has 0 saturated heterocycles. The molecular weight excluding hydrogens is 598 g/mol. The van der Waals surface area contributed by atoms with E-state index < -0.39 is 24.3 Å². The Morgan fingerprint density at radius 2 is 1.09 bits per heavy atom. The fourth-order valence-electron chi connectivity index (χ4n) is 5.00. The van der Waals surface area contributed by atoms with Crippen LogP contribution in [0.1, 0.15) is 155 Å². The summed E-state index contributed by atoms with van der Waals surface area (Å²) in [6, 6.07) is 0. The van der Waals surface area contributed by atoms with Gasteiger partial charge in [-0.05, 0) is 38.5 Å². The topological polar surface area (TPSA) is 111 Å². The third-order valence-electron chi connectivity index (χ3n) is 8.01. The average Bonchev–Trinajstić information content (AvgIpc) is 3.01. The Bertz CT molecular complexity index is 795. The number of carbonyl (C=O) groups is 3. The third-order valence-corrected chi connectivity index (χ3v) is 8.01. The number of rotatable bonds is 34. The van der Waals surface area contributed by atoms with Crippen molar-refractivity contribution in [2.45, 2.75) is 167 Å². The molecule has 276 valence electrons. The summed E-state index contributed by atoms with van der Waals surface area (Å²) < 4.78 is 22.3. The lowest BCUT2D eigenvalue weighted by Crippen LogP contribution is -2.44. The van der Waals surface area contributed by atoms with E-state index in [2.05, 4.69) is 26.0 Å². The van der Waals surface area contributed by atoms with Crippen LogP contribution >= 0.6 is 0 Å². The molecule has 0 spiro atoms. The summed E-state index contributed by atoms with van der Waals surface area (Å²) in [5, 5.41) is 11.6. The lowest BCUT2D eigenvalue weighted by atomic mass is 10.1. The minimum atomic E-state index is -1.61. The van der Waals surface area contributed by atoms with E-state index in [-0.39, 0.29) is 38.6 Å². The molecule has 2 unspecified atom stereocenters. The minimum absolute atomic E-state index is 0.149. The zero-order valence-corrected chi connectivity index (χ0v) is 30.9. The van der Waals surface area contributed by atoms with Gasteiger partial charge in [0.2, 0.25) is 0 Å².